The molecule has 2 N–H and O–H groups in total. The van der Waals surface area contributed by atoms with Crippen LogP contribution in [-0.4, -0.2) is 13.1 Å². The predicted molar refractivity (Wildman–Crippen MR) is 70.4 cm³/mol. The van der Waals surface area contributed by atoms with Gasteiger partial charge in [0, 0.05) is 5.56 Å². The average molecular weight is 306 g/mol. The van der Waals surface area contributed by atoms with E-state index in [4.69, 9.17) is 33.4 Å². The van der Waals surface area contributed by atoms with Crippen molar-refractivity contribution in [3.8, 4) is 0 Å². The first-order chi connectivity index (χ1) is 8.52. The summed E-state index contributed by atoms with van der Waals surface area (Å²) < 4.78 is 10.9. The maximum Gasteiger partial charge on any atom is 0.373 e. The molecule has 0 radical (unpaired) electrons. The summed E-state index contributed by atoms with van der Waals surface area (Å²) in [7, 11) is 1.28. The van der Waals surface area contributed by atoms with E-state index in [2.05, 4.69) is 4.74 Å². The Morgan fingerprint density at radius 1 is 1.50 bits per heavy atom. The van der Waals surface area contributed by atoms with Gasteiger partial charge >= 0.3 is 5.97 Å². The molecule has 0 aromatic carbocycles. The van der Waals surface area contributed by atoms with Gasteiger partial charge in [0.2, 0.25) is 5.76 Å². The quantitative estimate of drug-likeness (QED) is 0.882. The van der Waals surface area contributed by atoms with E-state index >= 15 is 0 Å². The molecule has 7 heteroatoms. The van der Waals surface area contributed by atoms with Crippen LogP contribution in [0.3, 0.4) is 0 Å². The molecule has 4 nitrogen and oxygen atoms in total. The first-order valence-corrected chi connectivity index (χ1v) is 6.48. The Bertz CT molecular complexity index is 579. The fraction of sp³-hybridized carbons (Fsp3) is 0.182. The number of hydrogen-bond donors (Lipinski definition) is 1. The molecular weight excluding hydrogens is 297 g/mol. The third kappa shape index (κ3) is 2.54. The number of carbonyl (C=O) groups excluding carboxylic acids is 1. The van der Waals surface area contributed by atoms with E-state index in [0.717, 1.165) is 0 Å². The molecule has 2 rings (SSSR count). The number of halogens is 2. The molecule has 0 saturated carbocycles. The molecule has 0 aliphatic heterocycles. The van der Waals surface area contributed by atoms with Gasteiger partial charge in [0.15, 0.2) is 0 Å². The summed E-state index contributed by atoms with van der Waals surface area (Å²) in [6, 6.07) is 4.22. The van der Waals surface area contributed by atoms with Crippen molar-refractivity contribution in [3.05, 3.63) is 44.0 Å². The summed E-state index contributed by atoms with van der Waals surface area (Å²) in [5.41, 5.74) is 6.67. The van der Waals surface area contributed by atoms with Crippen molar-refractivity contribution in [1.82, 2.24) is 0 Å². The van der Waals surface area contributed by atoms with Crippen molar-refractivity contribution in [2.45, 2.75) is 6.04 Å². The molecule has 0 aliphatic carbocycles. The molecule has 0 spiro atoms. The van der Waals surface area contributed by atoms with Crippen LogP contribution in [0.25, 0.3) is 0 Å². The number of thiophene rings is 1. The molecule has 0 aliphatic rings. The minimum absolute atomic E-state index is 0.0976. The van der Waals surface area contributed by atoms with Crippen LogP contribution in [0.1, 0.15) is 27.9 Å². The van der Waals surface area contributed by atoms with E-state index in [1.54, 1.807) is 12.1 Å². The maximum absolute atomic E-state index is 11.3. The van der Waals surface area contributed by atoms with Crippen LogP contribution < -0.4 is 5.73 Å². The Kier molecular flexibility index (Phi) is 3.97. The van der Waals surface area contributed by atoms with Crippen LogP contribution in [0.5, 0.6) is 0 Å². The molecule has 2 heterocycles. The first kappa shape index (κ1) is 13.4. The van der Waals surface area contributed by atoms with E-state index in [0.29, 0.717) is 20.0 Å². The second kappa shape index (κ2) is 5.32. The SMILES string of the molecule is COC(=O)c1ccc(C(N)c2cc(Cl)sc2Cl)o1. The van der Waals surface area contributed by atoms with E-state index in [9.17, 15) is 4.79 Å². The normalized spacial score (nSPS) is 12.4. The van der Waals surface area contributed by atoms with Crippen molar-refractivity contribution in [2.75, 3.05) is 7.11 Å². The van der Waals surface area contributed by atoms with Crippen LogP contribution >= 0.6 is 34.5 Å². The zero-order chi connectivity index (χ0) is 13.3. The Hall–Kier alpha value is -1.01. The van der Waals surface area contributed by atoms with Crippen LogP contribution in [0.15, 0.2) is 22.6 Å². The predicted octanol–water partition coefficient (Wildman–Crippen LogP) is 3.48. The average Bonchev–Trinajstić information content (AvgIpc) is 2.94. The number of esters is 1. The number of methoxy groups -OCH3 is 1. The van der Waals surface area contributed by atoms with Gasteiger partial charge in [-0.25, -0.2) is 4.79 Å². The van der Waals surface area contributed by atoms with Crippen molar-refractivity contribution in [2.24, 2.45) is 5.73 Å². The third-order valence-electron chi connectivity index (χ3n) is 2.34. The lowest BCUT2D eigenvalue weighted by Gasteiger charge is -2.06. The molecule has 0 fully saturated rings. The van der Waals surface area contributed by atoms with Crippen molar-refractivity contribution in [3.63, 3.8) is 0 Å². The van der Waals surface area contributed by atoms with Gasteiger partial charge in [-0.05, 0) is 18.2 Å². The highest BCUT2D eigenvalue weighted by molar-refractivity contribution is 7.20. The van der Waals surface area contributed by atoms with Crippen molar-refractivity contribution >= 4 is 40.5 Å². The zero-order valence-electron chi connectivity index (χ0n) is 9.28. The Labute approximate surface area is 117 Å². The van der Waals surface area contributed by atoms with Crippen molar-refractivity contribution < 1.29 is 13.9 Å². The fourth-order valence-electron chi connectivity index (χ4n) is 1.45. The smallest absolute Gasteiger partial charge is 0.373 e. The standard InChI is InChI=1S/C11H9Cl2NO3S/c1-16-11(15)7-3-2-6(17-7)9(14)5-4-8(12)18-10(5)13/h2-4,9H,14H2,1H3. The van der Waals surface area contributed by atoms with E-state index in [1.165, 1.54) is 24.5 Å². The molecule has 2 aromatic rings. The van der Waals surface area contributed by atoms with Gasteiger partial charge in [0.05, 0.1) is 21.8 Å². The number of ether oxygens (including phenoxy) is 1. The second-order valence-electron chi connectivity index (χ2n) is 3.45. The summed E-state index contributed by atoms with van der Waals surface area (Å²) in [4.78, 5) is 11.3. The number of nitrogens with two attached hydrogens (primary N) is 1. The molecule has 0 amide bonds. The lowest BCUT2D eigenvalue weighted by atomic mass is 10.1. The summed E-state index contributed by atoms with van der Waals surface area (Å²) in [6.07, 6.45) is 0. The van der Waals surface area contributed by atoms with Gasteiger partial charge in [0.1, 0.15) is 5.76 Å². The Balaban J connectivity index is 2.29. The van der Waals surface area contributed by atoms with Gasteiger partial charge in [0.25, 0.3) is 0 Å². The highest BCUT2D eigenvalue weighted by Crippen LogP contribution is 2.36. The Morgan fingerprint density at radius 3 is 2.78 bits per heavy atom. The molecule has 0 bridgehead atoms. The second-order valence-corrected chi connectivity index (χ2v) is 5.74. The minimum Gasteiger partial charge on any atom is -0.463 e. The molecule has 18 heavy (non-hydrogen) atoms. The van der Waals surface area contributed by atoms with E-state index in [1.807, 2.05) is 0 Å². The largest absolute Gasteiger partial charge is 0.463 e. The highest BCUT2D eigenvalue weighted by atomic mass is 35.5. The molecule has 1 atom stereocenters. The summed E-state index contributed by atoms with van der Waals surface area (Å²) in [6.45, 7) is 0. The van der Waals surface area contributed by atoms with Gasteiger partial charge in [-0.1, -0.05) is 23.2 Å². The van der Waals surface area contributed by atoms with Gasteiger partial charge < -0.3 is 14.9 Å². The lowest BCUT2D eigenvalue weighted by molar-refractivity contribution is 0.0562. The fourth-order valence-corrected chi connectivity index (χ4v) is 3.00. The monoisotopic (exact) mass is 305 g/mol. The lowest BCUT2D eigenvalue weighted by Crippen LogP contribution is -2.10. The van der Waals surface area contributed by atoms with Gasteiger partial charge in [-0.3, -0.25) is 0 Å². The van der Waals surface area contributed by atoms with Crippen LogP contribution in [0, 0.1) is 0 Å². The number of hydrogen-bond acceptors (Lipinski definition) is 5. The number of carbonyl (C=O) groups is 1. The molecule has 2 aromatic heterocycles. The number of rotatable bonds is 3. The number of furan rings is 1. The van der Waals surface area contributed by atoms with Crippen LogP contribution in [0.4, 0.5) is 0 Å². The minimum atomic E-state index is -0.570. The highest BCUT2D eigenvalue weighted by Gasteiger charge is 2.20. The molecular formula is C11H9Cl2NO3S. The van der Waals surface area contributed by atoms with Crippen molar-refractivity contribution in [1.29, 1.82) is 0 Å². The topological polar surface area (TPSA) is 65.5 Å². The van der Waals surface area contributed by atoms with E-state index in [-0.39, 0.29) is 5.76 Å². The van der Waals surface area contributed by atoms with Gasteiger partial charge in [-0.2, -0.15) is 0 Å². The molecule has 96 valence electrons. The zero-order valence-corrected chi connectivity index (χ0v) is 11.6. The third-order valence-corrected chi connectivity index (χ3v) is 3.86. The summed E-state index contributed by atoms with van der Waals surface area (Å²) >= 11 is 13.1. The van der Waals surface area contributed by atoms with Crippen LogP contribution in [0.2, 0.25) is 8.67 Å². The summed E-state index contributed by atoms with van der Waals surface area (Å²) in [5, 5.41) is 0. The first-order valence-electron chi connectivity index (χ1n) is 4.91. The Morgan fingerprint density at radius 2 is 2.22 bits per heavy atom. The molecule has 0 saturated heterocycles. The van der Waals surface area contributed by atoms with E-state index < -0.39 is 12.0 Å². The van der Waals surface area contributed by atoms with Crippen LogP contribution in [-0.2, 0) is 4.74 Å². The molecule has 1 unspecified atom stereocenters. The summed E-state index contributed by atoms with van der Waals surface area (Å²) in [5.74, 6) is -0.0323. The van der Waals surface area contributed by atoms with Gasteiger partial charge in [-0.15, -0.1) is 11.3 Å². The maximum atomic E-state index is 11.3.